The first-order valence-corrected chi connectivity index (χ1v) is 9.74. The average Bonchev–Trinajstić information content (AvgIpc) is 2.74. The SMILES string of the molecule is CCOc1ccc(N(Cc2ccccc2O)C(=S)Nc2ccc(OC)cc2)cc1. The molecule has 0 heterocycles. The molecule has 150 valence electrons. The lowest BCUT2D eigenvalue weighted by Crippen LogP contribution is -2.34. The van der Waals surface area contributed by atoms with Gasteiger partial charge in [0.15, 0.2) is 5.11 Å². The van der Waals surface area contributed by atoms with Crippen LogP contribution in [0.25, 0.3) is 0 Å². The largest absolute Gasteiger partial charge is 0.508 e. The van der Waals surface area contributed by atoms with Crippen molar-refractivity contribution in [1.29, 1.82) is 0 Å². The number of phenols is 1. The van der Waals surface area contributed by atoms with E-state index in [0.717, 1.165) is 28.4 Å². The molecule has 0 aliphatic rings. The van der Waals surface area contributed by atoms with Gasteiger partial charge in [0.2, 0.25) is 0 Å². The zero-order chi connectivity index (χ0) is 20.6. The number of benzene rings is 3. The topological polar surface area (TPSA) is 54.0 Å². The summed E-state index contributed by atoms with van der Waals surface area (Å²) in [5.41, 5.74) is 2.52. The van der Waals surface area contributed by atoms with E-state index < -0.39 is 0 Å². The van der Waals surface area contributed by atoms with Crippen molar-refractivity contribution in [3.63, 3.8) is 0 Å². The smallest absolute Gasteiger partial charge is 0.178 e. The van der Waals surface area contributed by atoms with Gasteiger partial charge in [0.05, 0.1) is 20.3 Å². The van der Waals surface area contributed by atoms with E-state index in [9.17, 15) is 5.11 Å². The van der Waals surface area contributed by atoms with Gasteiger partial charge in [0.1, 0.15) is 17.2 Å². The van der Waals surface area contributed by atoms with Crippen LogP contribution in [0.4, 0.5) is 11.4 Å². The van der Waals surface area contributed by atoms with Crippen molar-refractivity contribution >= 4 is 28.7 Å². The summed E-state index contributed by atoms with van der Waals surface area (Å²) in [4.78, 5) is 1.93. The Morgan fingerprint density at radius 3 is 2.24 bits per heavy atom. The number of methoxy groups -OCH3 is 1. The van der Waals surface area contributed by atoms with Crippen LogP contribution in [0.2, 0.25) is 0 Å². The van der Waals surface area contributed by atoms with Crippen molar-refractivity contribution < 1.29 is 14.6 Å². The summed E-state index contributed by atoms with van der Waals surface area (Å²) in [5, 5.41) is 14.0. The number of hydrogen-bond acceptors (Lipinski definition) is 4. The van der Waals surface area contributed by atoms with E-state index in [2.05, 4.69) is 5.32 Å². The Hall–Kier alpha value is -3.25. The molecule has 0 aliphatic heterocycles. The molecule has 2 N–H and O–H groups in total. The standard InChI is InChI=1S/C23H24N2O3S/c1-3-28-21-14-10-19(11-15-21)25(16-17-6-4-5-7-22(17)26)23(29)24-18-8-12-20(27-2)13-9-18/h4-15,26H,3,16H2,1-2H3,(H,24,29). The van der Waals surface area contributed by atoms with Gasteiger partial charge in [-0.2, -0.15) is 0 Å². The Balaban J connectivity index is 1.86. The van der Waals surface area contributed by atoms with Crippen molar-refractivity contribution in [2.24, 2.45) is 0 Å². The Kier molecular flexibility index (Phi) is 6.92. The molecular formula is C23H24N2O3S. The van der Waals surface area contributed by atoms with E-state index in [1.54, 1.807) is 19.2 Å². The van der Waals surface area contributed by atoms with Gasteiger partial charge in [-0.1, -0.05) is 18.2 Å². The first kappa shape index (κ1) is 20.5. The van der Waals surface area contributed by atoms with E-state index in [1.165, 1.54) is 0 Å². The Bertz CT molecular complexity index is 943. The van der Waals surface area contributed by atoms with Crippen LogP contribution < -0.4 is 19.7 Å². The molecule has 0 fully saturated rings. The predicted molar refractivity (Wildman–Crippen MR) is 121 cm³/mol. The molecule has 0 unspecified atom stereocenters. The number of nitrogens with one attached hydrogen (secondary N) is 1. The van der Waals surface area contributed by atoms with E-state index in [4.69, 9.17) is 21.7 Å². The second-order valence-corrected chi connectivity index (χ2v) is 6.69. The summed E-state index contributed by atoms with van der Waals surface area (Å²) in [6.07, 6.45) is 0. The van der Waals surface area contributed by atoms with E-state index >= 15 is 0 Å². The van der Waals surface area contributed by atoms with Gasteiger partial charge in [-0.3, -0.25) is 0 Å². The molecule has 0 atom stereocenters. The number of phenolic OH excluding ortho intramolecular Hbond substituents is 1. The molecule has 0 aromatic heterocycles. The van der Waals surface area contributed by atoms with Gasteiger partial charge in [-0.05, 0) is 73.7 Å². The average molecular weight is 409 g/mol. The molecule has 3 rings (SSSR count). The van der Waals surface area contributed by atoms with Crippen LogP contribution in [0.1, 0.15) is 12.5 Å². The highest BCUT2D eigenvalue weighted by molar-refractivity contribution is 7.80. The zero-order valence-electron chi connectivity index (χ0n) is 16.5. The molecule has 6 heteroatoms. The molecule has 0 bridgehead atoms. The molecule has 0 saturated carbocycles. The molecule has 0 radical (unpaired) electrons. The van der Waals surface area contributed by atoms with Gasteiger partial charge in [0.25, 0.3) is 0 Å². The first-order chi connectivity index (χ1) is 14.1. The van der Waals surface area contributed by atoms with Crippen molar-refractivity contribution in [2.75, 3.05) is 23.9 Å². The number of thiocarbonyl (C=S) groups is 1. The molecule has 0 saturated heterocycles. The lowest BCUT2D eigenvalue weighted by molar-refractivity contribution is 0.340. The Labute approximate surface area is 176 Å². The van der Waals surface area contributed by atoms with Crippen molar-refractivity contribution in [3.05, 3.63) is 78.4 Å². The Morgan fingerprint density at radius 2 is 1.62 bits per heavy atom. The first-order valence-electron chi connectivity index (χ1n) is 9.33. The molecule has 3 aromatic rings. The number of anilines is 2. The maximum Gasteiger partial charge on any atom is 0.178 e. The summed E-state index contributed by atoms with van der Waals surface area (Å²) in [6, 6.07) is 22.5. The van der Waals surface area contributed by atoms with Gasteiger partial charge in [-0.25, -0.2) is 0 Å². The zero-order valence-corrected chi connectivity index (χ0v) is 17.3. The minimum absolute atomic E-state index is 0.232. The third kappa shape index (κ3) is 5.39. The highest BCUT2D eigenvalue weighted by Gasteiger charge is 2.15. The lowest BCUT2D eigenvalue weighted by atomic mass is 10.1. The van der Waals surface area contributed by atoms with E-state index in [-0.39, 0.29) is 5.75 Å². The van der Waals surface area contributed by atoms with Crippen molar-refractivity contribution in [1.82, 2.24) is 0 Å². The van der Waals surface area contributed by atoms with Gasteiger partial charge in [0, 0.05) is 16.9 Å². The fraction of sp³-hybridized carbons (Fsp3) is 0.174. The normalized spacial score (nSPS) is 10.3. The highest BCUT2D eigenvalue weighted by atomic mass is 32.1. The third-order valence-corrected chi connectivity index (χ3v) is 4.69. The second kappa shape index (κ2) is 9.80. The number of hydrogen-bond donors (Lipinski definition) is 2. The number of para-hydroxylation sites is 1. The van der Waals surface area contributed by atoms with Crippen molar-refractivity contribution in [3.8, 4) is 17.2 Å². The fourth-order valence-electron chi connectivity index (χ4n) is 2.85. The van der Waals surface area contributed by atoms with Crippen LogP contribution in [-0.2, 0) is 6.54 Å². The summed E-state index contributed by atoms with van der Waals surface area (Å²) < 4.78 is 10.7. The number of rotatable bonds is 7. The Morgan fingerprint density at radius 1 is 0.966 bits per heavy atom. The molecule has 29 heavy (non-hydrogen) atoms. The van der Waals surface area contributed by atoms with E-state index in [1.807, 2.05) is 72.5 Å². The van der Waals surface area contributed by atoms with Gasteiger partial charge >= 0.3 is 0 Å². The highest BCUT2D eigenvalue weighted by Crippen LogP contribution is 2.26. The number of aromatic hydroxyl groups is 1. The van der Waals surface area contributed by atoms with Crippen LogP contribution in [-0.4, -0.2) is 23.9 Å². The maximum atomic E-state index is 10.2. The maximum absolute atomic E-state index is 10.2. The molecule has 0 spiro atoms. The van der Waals surface area contributed by atoms with Crippen molar-refractivity contribution in [2.45, 2.75) is 13.5 Å². The fourth-order valence-corrected chi connectivity index (χ4v) is 3.14. The van der Waals surface area contributed by atoms with Gasteiger partial charge in [-0.15, -0.1) is 0 Å². The summed E-state index contributed by atoms with van der Waals surface area (Å²) >= 11 is 5.70. The number of nitrogens with zero attached hydrogens (tertiary/aromatic N) is 1. The summed E-state index contributed by atoms with van der Waals surface area (Å²) in [6.45, 7) is 2.98. The predicted octanol–water partition coefficient (Wildman–Crippen LogP) is 5.20. The molecule has 0 aliphatic carbocycles. The minimum Gasteiger partial charge on any atom is -0.508 e. The molecule has 0 amide bonds. The van der Waals surface area contributed by atoms with Crippen LogP contribution in [0.5, 0.6) is 17.2 Å². The van der Waals surface area contributed by atoms with Gasteiger partial charge < -0.3 is 24.8 Å². The van der Waals surface area contributed by atoms with Crippen LogP contribution in [0, 0.1) is 0 Å². The van der Waals surface area contributed by atoms with Crippen LogP contribution in [0.15, 0.2) is 72.8 Å². The van der Waals surface area contributed by atoms with Crippen LogP contribution >= 0.6 is 12.2 Å². The monoisotopic (exact) mass is 408 g/mol. The van der Waals surface area contributed by atoms with Crippen LogP contribution in [0.3, 0.4) is 0 Å². The number of ether oxygens (including phenoxy) is 2. The minimum atomic E-state index is 0.232. The third-order valence-electron chi connectivity index (χ3n) is 4.37. The second-order valence-electron chi connectivity index (χ2n) is 6.30. The quantitative estimate of drug-likeness (QED) is 0.524. The lowest BCUT2D eigenvalue weighted by Gasteiger charge is -2.27. The molecule has 5 nitrogen and oxygen atoms in total. The molecular weight excluding hydrogens is 384 g/mol. The summed E-state index contributed by atoms with van der Waals surface area (Å²) in [7, 11) is 1.63. The van der Waals surface area contributed by atoms with E-state index in [0.29, 0.717) is 18.3 Å². The summed E-state index contributed by atoms with van der Waals surface area (Å²) in [5.74, 6) is 1.81. The molecule has 3 aromatic carbocycles.